The number of likely N-dealkylation sites (N-methyl/N-ethyl adjacent to an activating group) is 1. The maximum absolute atomic E-state index is 12.6. The Balaban J connectivity index is 1.53. The fourth-order valence-corrected chi connectivity index (χ4v) is 4.37. The lowest BCUT2D eigenvalue weighted by molar-refractivity contribution is -0.147. The molecule has 0 aromatic carbocycles. The van der Waals surface area contributed by atoms with Crippen LogP contribution < -0.4 is 5.32 Å². The van der Waals surface area contributed by atoms with Gasteiger partial charge in [0, 0.05) is 56.7 Å². The van der Waals surface area contributed by atoms with Crippen LogP contribution in [-0.2, 0) is 11.2 Å². The Bertz CT molecular complexity index is 560. The Kier molecular flexibility index (Phi) is 5.89. The summed E-state index contributed by atoms with van der Waals surface area (Å²) in [4.78, 5) is 22.7. The molecule has 25 heavy (non-hydrogen) atoms. The zero-order valence-corrected chi connectivity index (χ0v) is 15.4. The molecule has 2 saturated carbocycles. The second-order valence-corrected chi connectivity index (χ2v) is 7.34. The molecule has 138 valence electrons. The minimum absolute atomic E-state index is 0.00814. The van der Waals surface area contributed by atoms with Gasteiger partial charge < -0.3 is 15.0 Å². The van der Waals surface area contributed by atoms with E-state index in [-0.39, 0.29) is 17.5 Å². The average molecular weight is 346 g/mol. The van der Waals surface area contributed by atoms with E-state index in [2.05, 4.69) is 22.2 Å². The molecule has 1 aromatic rings. The summed E-state index contributed by atoms with van der Waals surface area (Å²) in [5, 5.41) is 3.27. The predicted molar refractivity (Wildman–Crippen MR) is 96.2 cm³/mol. The summed E-state index contributed by atoms with van der Waals surface area (Å²) in [7, 11) is 1.85. The molecule has 0 unspecified atom stereocenters. The molecular formula is C19H30N4O2. The second kappa shape index (κ2) is 8.13. The van der Waals surface area contributed by atoms with Crippen molar-refractivity contribution in [3.05, 3.63) is 24.3 Å². The number of rotatable bonds is 6. The molecule has 0 radical (unpaired) electrons. The van der Waals surface area contributed by atoms with Gasteiger partial charge in [-0.1, -0.05) is 19.3 Å². The van der Waals surface area contributed by atoms with Crippen LogP contribution in [0.25, 0.3) is 0 Å². The van der Waals surface area contributed by atoms with E-state index in [1.165, 1.54) is 32.1 Å². The van der Waals surface area contributed by atoms with Gasteiger partial charge in [0.05, 0.1) is 11.8 Å². The van der Waals surface area contributed by atoms with Crippen LogP contribution in [0.5, 0.6) is 0 Å². The summed E-state index contributed by atoms with van der Waals surface area (Å²) in [6.07, 6.45) is 13.2. The van der Waals surface area contributed by atoms with Crippen molar-refractivity contribution in [2.24, 2.45) is 5.41 Å². The first-order chi connectivity index (χ1) is 12.2. The van der Waals surface area contributed by atoms with E-state index in [4.69, 9.17) is 4.74 Å². The van der Waals surface area contributed by atoms with Crippen LogP contribution in [0.2, 0.25) is 0 Å². The van der Waals surface area contributed by atoms with Crippen molar-refractivity contribution in [1.29, 1.82) is 0 Å². The summed E-state index contributed by atoms with van der Waals surface area (Å²) >= 11 is 0. The van der Waals surface area contributed by atoms with Crippen LogP contribution >= 0.6 is 0 Å². The maximum atomic E-state index is 12.6. The normalized spacial score (nSPS) is 24.6. The lowest BCUT2D eigenvalue weighted by Crippen LogP contribution is -2.66. The largest absolute Gasteiger partial charge is 0.378 e. The van der Waals surface area contributed by atoms with Gasteiger partial charge in [0.1, 0.15) is 0 Å². The quantitative estimate of drug-likeness (QED) is 0.860. The predicted octanol–water partition coefficient (Wildman–Crippen LogP) is 2.79. The number of hydrogen-bond donors (Lipinski definition) is 1. The van der Waals surface area contributed by atoms with E-state index < -0.39 is 0 Å². The Morgan fingerprint density at radius 2 is 2.16 bits per heavy atom. The van der Waals surface area contributed by atoms with Crippen LogP contribution in [0.3, 0.4) is 0 Å². The molecule has 2 atom stereocenters. The highest BCUT2D eigenvalue weighted by Crippen LogP contribution is 2.53. The van der Waals surface area contributed by atoms with Crippen molar-refractivity contribution in [2.75, 3.05) is 20.2 Å². The molecule has 0 aliphatic heterocycles. The van der Waals surface area contributed by atoms with E-state index in [1.54, 1.807) is 23.5 Å². The summed E-state index contributed by atoms with van der Waals surface area (Å²) in [6, 6.07) is 0.254. The highest BCUT2D eigenvalue weighted by molar-refractivity contribution is 5.74. The fraction of sp³-hybridized carbons (Fsp3) is 0.737. The highest BCUT2D eigenvalue weighted by atomic mass is 16.5. The fourth-order valence-electron chi connectivity index (χ4n) is 4.37. The van der Waals surface area contributed by atoms with E-state index in [1.807, 2.05) is 7.05 Å². The van der Waals surface area contributed by atoms with Crippen molar-refractivity contribution in [1.82, 2.24) is 20.2 Å². The first kappa shape index (κ1) is 18.1. The van der Waals surface area contributed by atoms with Gasteiger partial charge in [-0.25, -0.2) is 4.79 Å². The minimum atomic E-state index is 0.00814. The molecule has 1 heterocycles. The second-order valence-electron chi connectivity index (χ2n) is 7.34. The molecule has 3 rings (SSSR count). The summed E-state index contributed by atoms with van der Waals surface area (Å²) in [6.45, 7) is 3.45. The lowest BCUT2D eigenvalue weighted by Gasteiger charge is -2.57. The Hall–Kier alpha value is -1.69. The van der Waals surface area contributed by atoms with Crippen LogP contribution in [-0.4, -0.2) is 53.2 Å². The molecule has 2 aliphatic carbocycles. The summed E-state index contributed by atoms with van der Waals surface area (Å²) in [5.41, 5.74) is 1.07. The molecule has 2 aliphatic rings. The third-order valence-electron chi connectivity index (χ3n) is 5.90. The summed E-state index contributed by atoms with van der Waals surface area (Å²) < 4.78 is 5.97. The number of carbonyl (C=O) groups excluding carboxylic acids is 1. The molecule has 2 amide bonds. The third-order valence-corrected chi connectivity index (χ3v) is 5.90. The molecular weight excluding hydrogens is 316 g/mol. The topological polar surface area (TPSA) is 67.3 Å². The van der Waals surface area contributed by atoms with Crippen molar-refractivity contribution >= 4 is 6.03 Å². The van der Waals surface area contributed by atoms with E-state index in [0.29, 0.717) is 12.6 Å². The molecule has 1 aromatic heterocycles. The molecule has 0 bridgehead atoms. The Morgan fingerprint density at radius 1 is 1.36 bits per heavy atom. The van der Waals surface area contributed by atoms with Gasteiger partial charge in [0.15, 0.2) is 0 Å². The molecule has 1 N–H and O–H groups in total. The number of hydrogen-bond acceptors (Lipinski definition) is 4. The van der Waals surface area contributed by atoms with Gasteiger partial charge in [0.2, 0.25) is 0 Å². The van der Waals surface area contributed by atoms with Crippen molar-refractivity contribution in [2.45, 2.75) is 64.0 Å². The van der Waals surface area contributed by atoms with Gasteiger partial charge in [-0.2, -0.15) is 0 Å². The van der Waals surface area contributed by atoms with Crippen LogP contribution in [0, 0.1) is 5.41 Å². The minimum Gasteiger partial charge on any atom is -0.378 e. The Labute approximate surface area is 150 Å². The summed E-state index contributed by atoms with van der Waals surface area (Å²) in [5.74, 6) is 0. The average Bonchev–Trinajstić information content (AvgIpc) is 2.66. The van der Waals surface area contributed by atoms with Gasteiger partial charge in [-0.15, -0.1) is 0 Å². The SMILES string of the molecule is CCO[C@H]1C[C@@H](NC(=O)N(C)CCc2cnccn2)C12CCCCC2. The number of aromatic nitrogens is 2. The van der Waals surface area contributed by atoms with Crippen molar-refractivity contribution in [3.63, 3.8) is 0 Å². The van der Waals surface area contributed by atoms with Gasteiger partial charge in [-0.05, 0) is 26.2 Å². The zero-order chi connectivity index (χ0) is 17.7. The van der Waals surface area contributed by atoms with E-state index >= 15 is 0 Å². The molecule has 1 spiro atoms. The standard InChI is InChI=1S/C19H30N4O2/c1-3-25-17-13-16(19(17)8-5-4-6-9-19)22-18(24)23(2)12-7-15-14-20-10-11-21-15/h10-11,14,16-17H,3-9,12-13H2,1-2H3,(H,22,24)/t16-,17+/m1/s1. The first-order valence-corrected chi connectivity index (χ1v) is 9.54. The number of ether oxygens (including phenoxy) is 1. The monoisotopic (exact) mass is 346 g/mol. The number of nitrogens with one attached hydrogen (secondary N) is 1. The smallest absolute Gasteiger partial charge is 0.317 e. The maximum Gasteiger partial charge on any atom is 0.317 e. The van der Waals surface area contributed by atoms with Crippen molar-refractivity contribution < 1.29 is 9.53 Å². The van der Waals surface area contributed by atoms with Crippen LogP contribution in [0.4, 0.5) is 4.79 Å². The van der Waals surface area contributed by atoms with Gasteiger partial charge in [-0.3, -0.25) is 9.97 Å². The van der Waals surface area contributed by atoms with Crippen molar-refractivity contribution in [3.8, 4) is 0 Å². The molecule has 6 heteroatoms. The van der Waals surface area contributed by atoms with Crippen LogP contribution in [0.15, 0.2) is 18.6 Å². The number of carbonyl (C=O) groups is 1. The Morgan fingerprint density at radius 3 is 2.84 bits per heavy atom. The van der Waals surface area contributed by atoms with E-state index in [0.717, 1.165) is 25.1 Å². The highest BCUT2D eigenvalue weighted by Gasteiger charge is 2.56. The lowest BCUT2D eigenvalue weighted by atomic mass is 9.55. The number of amides is 2. The van der Waals surface area contributed by atoms with Crippen LogP contribution in [0.1, 0.15) is 51.1 Å². The molecule has 0 saturated heterocycles. The third kappa shape index (κ3) is 3.94. The van der Waals surface area contributed by atoms with Gasteiger partial charge in [0.25, 0.3) is 0 Å². The van der Waals surface area contributed by atoms with Gasteiger partial charge >= 0.3 is 6.03 Å². The molecule has 6 nitrogen and oxygen atoms in total. The van der Waals surface area contributed by atoms with E-state index in [9.17, 15) is 4.79 Å². The molecule has 2 fully saturated rings. The number of urea groups is 1. The zero-order valence-electron chi connectivity index (χ0n) is 15.4. The number of nitrogens with zero attached hydrogens (tertiary/aromatic N) is 3. The first-order valence-electron chi connectivity index (χ1n) is 9.54.